The van der Waals surface area contributed by atoms with Crippen LogP contribution in [0, 0.1) is 5.82 Å². The maximum absolute atomic E-state index is 14.3. The summed E-state index contributed by atoms with van der Waals surface area (Å²) in [4.78, 5) is 26.9. The largest absolute Gasteiger partial charge is 0.494 e. The van der Waals surface area contributed by atoms with E-state index >= 15 is 0 Å². The Kier molecular flexibility index (Phi) is 9.22. The lowest BCUT2D eigenvalue weighted by Gasteiger charge is -2.31. The summed E-state index contributed by atoms with van der Waals surface area (Å²) >= 11 is 0. The van der Waals surface area contributed by atoms with Crippen LogP contribution in [0.1, 0.15) is 26.3 Å². The number of likely N-dealkylation sites (N-methyl/N-ethyl adjacent to an activating group) is 1. The van der Waals surface area contributed by atoms with Crippen molar-refractivity contribution < 1.29 is 27.1 Å². The van der Waals surface area contributed by atoms with Crippen LogP contribution < -0.4 is 14.4 Å². The fraction of sp³-hybridized carbons (Fsp3) is 0.391. The van der Waals surface area contributed by atoms with Crippen LogP contribution in [0.2, 0.25) is 0 Å². The first kappa shape index (κ1) is 26.1. The number of anilines is 1. The molecule has 2 aromatic rings. The second-order valence-corrected chi connectivity index (χ2v) is 9.29. The van der Waals surface area contributed by atoms with E-state index in [0.717, 1.165) is 10.6 Å². The molecular formula is C23H30FN3O5S. The van der Waals surface area contributed by atoms with Crippen LogP contribution in [-0.2, 0) is 26.2 Å². The van der Waals surface area contributed by atoms with Crippen LogP contribution in [-0.4, -0.2) is 57.1 Å². The van der Waals surface area contributed by atoms with Gasteiger partial charge in [-0.1, -0.05) is 18.2 Å². The van der Waals surface area contributed by atoms with Gasteiger partial charge in [0, 0.05) is 18.7 Å². The highest BCUT2D eigenvalue weighted by Gasteiger charge is 2.30. The van der Waals surface area contributed by atoms with E-state index in [-0.39, 0.29) is 17.8 Å². The number of benzene rings is 2. The molecule has 8 nitrogen and oxygen atoms in total. The number of nitrogens with zero attached hydrogens (tertiary/aromatic N) is 2. The van der Waals surface area contributed by atoms with Crippen molar-refractivity contribution in [3.63, 3.8) is 0 Å². The first-order chi connectivity index (χ1) is 15.6. The molecule has 1 N–H and O–H groups in total. The van der Waals surface area contributed by atoms with Crippen molar-refractivity contribution in [2.24, 2.45) is 0 Å². The summed E-state index contributed by atoms with van der Waals surface area (Å²) < 4.78 is 45.6. The molecule has 0 radical (unpaired) electrons. The second kappa shape index (κ2) is 11.6. The highest BCUT2D eigenvalue weighted by Crippen LogP contribution is 2.22. The fourth-order valence-electron chi connectivity index (χ4n) is 3.20. The number of carbonyl (C=O) groups excluding carboxylic acids is 2. The third-order valence-corrected chi connectivity index (χ3v) is 6.07. The van der Waals surface area contributed by atoms with Gasteiger partial charge in [-0.2, -0.15) is 0 Å². The van der Waals surface area contributed by atoms with Gasteiger partial charge < -0.3 is 15.0 Å². The van der Waals surface area contributed by atoms with E-state index in [1.807, 2.05) is 6.92 Å². The van der Waals surface area contributed by atoms with Crippen molar-refractivity contribution >= 4 is 27.5 Å². The summed E-state index contributed by atoms with van der Waals surface area (Å²) in [6, 6.07) is 11.3. The Bertz CT molecular complexity index is 1060. The van der Waals surface area contributed by atoms with Crippen LogP contribution in [0.5, 0.6) is 5.75 Å². The molecule has 0 aromatic heterocycles. The summed E-state index contributed by atoms with van der Waals surface area (Å²) in [6.45, 7) is 5.16. The number of hydrogen-bond donors (Lipinski definition) is 1. The summed E-state index contributed by atoms with van der Waals surface area (Å²) in [5.74, 6) is -1.03. The van der Waals surface area contributed by atoms with Crippen molar-refractivity contribution in [1.82, 2.24) is 10.2 Å². The monoisotopic (exact) mass is 479 g/mol. The number of rotatable bonds is 11. The van der Waals surface area contributed by atoms with Crippen molar-refractivity contribution in [3.05, 3.63) is 59.9 Å². The summed E-state index contributed by atoms with van der Waals surface area (Å²) in [7, 11) is -3.84. The highest BCUT2D eigenvalue weighted by molar-refractivity contribution is 7.92. The van der Waals surface area contributed by atoms with E-state index in [0.29, 0.717) is 18.9 Å². The van der Waals surface area contributed by atoms with Crippen molar-refractivity contribution in [2.45, 2.75) is 33.4 Å². The first-order valence-electron chi connectivity index (χ1n) is 10.6. The van der Waals surface area contributed by atoms with Gasteiger partial charge in [-0.25, -0.2) is 12.8 Å². The molecular weight excluding hydrogens is 449 g/mol. The Hall–Kier alpha value is -3.14. The molecule has 2 rings (SSSR count). The second-order valence-electron chi connectivity index (χ2n) is 7.38. The number of halogens is 1. The number of sulfonamides is 1. The van der Waals surface area contributed by atoms with Crippen molar-refractivity contribution in [1.29, 1.82) is 0 Å². The number of ether oxygens (including phenoxy) is 1. The van der Waals surface area contributed by atoms with Crippen LogP contribution in [0.3, 0.4) is 0 Å². The Morgan fingerprint density at radius 3 is 2.27 bits per heavy atom. The molecule has 0 aliphatic rings. The van der Waals surface area contributed by atoms with Gasteiger partial charge in [0.15, 0.2) is 0 Å². The van der Waals surface area contributed by atoms with Gasteiger partial charge in [-0.05, 0) is 51.1 Å². The molecule has 0 saturated carbocycles. The molecule has 0 aliphatic heterocycles. The molecule has 0 saturated heterocycles. The molecule has 1 atom stereocenters. The maximum atomic E-state index is 14.3. The van der Waals surface area contributed by atoms with Gasteiger partial charge in [-0.15, -0.1) is 0 Å². The Morgan fingerprint density at radius 1 is 1.09 bits per heavy atom. The van der Waals surface area contributed by atoms with Crippen LogP contribution in [0.15, 0.2) is 48.5 Å². The Labute approximate surface area is 194 Å². The van der Waals surface area contributed by atoms with Crippen LogP contribution >= 0.6 is 0 Å². The molecule has 0 unspecified atom stereocenters. The lowest BCUT2D eigenvalue weighted by atomic mass is 10.1. The summed E-state index contributed by atoms with van der Waals surface area (Å²) in [6.07, 6.45) is 0.991. The predicted octanol–water partition coefficient (Wildman–Crippen LogP) is 2.54. The minimum absolute atomic E-state index is 0.190. The topological polar surface area (TPSA) is 96.0 Å². The fourth-order valence-corrected chi connectivity index (χ4v) is 4.05. The third-order valence-electron chi connectivity index (χ3n) is 4.93. The standard InChI is InChI=1S/C23H30FN3O5S/c1-5-25-23(29)17(3)26(15-18-9-7-8-10-21(18)24)22(28)16-27(33(4,30)31)19-11-13-20(14-12-19)32-6-2/h7-14,17H,5-6,15-16H2,1-4H3,(H,25,29)/t17-/m0/s1. The van der Waals surface area contributed by atoms with E-state index in [1.54, 1.807) is 25.1 Å². The minimum Gasteiger partial charge on any atom is -0.494 e. The molecule has 0 aliphatic carbocycles. The van der Waals surface area contributed by atoms with Gasteiger partial charge in [0.25, 0.3) is 0 Å². The number of hydrogen-bond acceptors (Lipinski definition) is 5. The normalized spacial score (nSPS) is 12.0. The number of carbonyl (C=O) groups is 2. The summed E-state index contributed by atoms with van der Waals surface area (Å²) in [5, 5.41) is 2.64. The zero-order valence-corrected chi connectivity index (χ0v) is 20.1. The Morgan fingerprint density at radius 2 is 1.73 bits per heavy atom. The van der Waals surface area contributed by atoms with Gasteiger partial charge >= 0.3 is 0 Å². The molecule has 10 heteroatoms. The quantitative estimate of drug-likeness (QED) is 0.534. The third kappa shape index (κ3) is 7.18. The molecule has 2 amide bonds. The predicted molar refractivity (Wildman–Crippen MR) is 125 cm³/mol. The van der Waals surface area contributed by atoms with Gasteiger partial charge in [-0.3, -0.25) is 13.9 Å². The van der Waals surface area contributed by atoms with Gasteiger partial charge in [0.1, 0.15) is 24.2 Å². The lowest BCUT2D eigenvalue weighted by molar-refractivity contribution is -0.139. The van der Waals surface area contributed by atoms with Gasteiger partial charge in [0.2, 0.25) is 21.8 Å². The van der Waals surface area contributed by atoms with Crippen molar-refractivity contribution in [3.8, 4) is 5.75 Å². The zero-order chi connectivity index (χ0) is 24.6. The van der Waals surface area contributed by atoms with E-state index in [4.69, 9.17) is 4.74 Å². The Balaban J connectivity index is 2.37. The average molecular weight is 480 g/mol. The van der Waals surface area contributed by atoms with E-state index in [1.165, 1.54) is 42.2 Å². The first-order valence-corrected chi connectivity index (χ1v) is 12.4. The molecule has 0 bridgehead atoms. The minimum atomic E-state index is -3.84. The molecule has 2 aromatic carbocycles. The molecule has 180 valence electrons. The van der Waals surface area contributed by atoms with E-state index < -0.39 is 40.2 Å². The van der Waals surface area contributed by atoms with Crippen LogP contribution in [0.4, 0.5) is 10.1 Å². The molecule has 0 fully saturated rings. The SMILES string of the molecule is CCNC(=O)[C@H](C)N(Cc1ccccc1F)C(=O)CN(c1ccc(OCC)cc1)S(C)(=O)=O. The maximum Gasteiger partial charge on any atom is 0.244 e. The molecule has 33 heavy (non-hydrogen) atoms. The van der Waals surface area contributed by atoms with Gasteiger partial charge in [0.05, 0.1) is 18.6 Å². The number of nitrogens with one attached hydrogen (secondary N) is 1. The molecule has 0 spiro atoms. The smallest absolute Gasteiger partial charge is 0.244 e. The lowest BCUT2D eigenvalue weighted by Crippen LogP contribution is -2.51. The van der Waals surface area contributed by atoms with Crippen molar-refractivity contribution in [2.75, 3.05) is 30.3 Å². The van der Waals surface area contributed by atoms with E-state index in [9.17, 15) is 22.4 Å². The number of amides is 2. The van der Waals surface area contributed by atoms with Crippen LogP contribution in [0.25, 0.3) is 0 Å². The summed E-state index contributed by atoms with van der Waals surface area (Å²) in [5.41, 5.74) is 0.486. The average Bonchev–Trinajstić information content (AvgIpc) is 2.76. The highest BCUT2D eigenvalue weighted by atomic mass is 32.2. The zero-order valence-electron chi connectivity index (χ0n) is 19.2. The van der Waals surface area contributed by atoms with E-state index in [2.05, 4.69) is 5.32 Å². The molecule has 0 heterocycles.